The normalized spacial score (nSPS) is 9.75. The lowest BCUT2D eigenvalue weighted by molar-refractivity contribution is 0.194. The molecular weight excluding hydrogens is 154 g/mol. The first-order valence-corrected chi connectivity index (χ1v) is 3.99. The molecule has 0 amide bonds. The highest BCUT2D eigenvalue weighted by atomic mass is 16.6. The Morgan fingerprint density at radius 3 is 2.58 bits per heavy atom. The van der Waals surface area contributed by atoms with Crippen LogP contribution in [0.1, 0.15) is 13.3 Å². The molecule has 12 heavy (non-hydrogen) atoms. The SMILES string of the molecule is CCCONc1ccc(O)cc1. The molecule has 0 aliphatic heterocycles. The lowest BCUT2D eigenvalue weighted by Gasteiger charge is -2.04. The minimum atomic E-state index is 0.260. The first-order valence-electron chi connectivity index (χ1n) is 3.99. The first kappa shape index (κ1) is 8.87. The van der Waals surface area contributed by atoms with Gasteiger partial charge in [-0.15, -0.1) is 0 Å². The topological polar surface area (TPSA) is 41.5 Å². The zero-order valence-corrected chi connectivity index (χ0v) is 7.08. The van der Waals surface area contributed by atoms with Crippen molar-refractivity contribution >= 4 is 5.69 Å². The second-order valence-corrected chi connectivity index (χ2v) is 2.50. The van der Waals surface area contributed by atoms with Crippen molar-refractivity contribution < 1.29 is 9.94 Å². The maximum Gasteiger partial charge on any atom is 0.115 e. The Kier molecular flexibility index (Phi) is 3.41. The molecule has 3 nitrogen and oxygen atoms in total. The standard InChI is InChI=1S/C9H13NO2/c1-2-7-12-10-8-3-5-9(11)6-4-8/h3-6,10-11H,2,7H2,1H3. The van der Waals surface area contributed by atoms with E-state index in [1.807, 2.05) is 6.92 Å². The van der Waals surface area contributed by atoms with Crippen LogP contribution in [0.15, 0.2) is 24.3 Å². The van der Waals surface area contributed by atoms with Crippen LogP contribution in [0.4, 0.5) is 5.69 Å². The fourth-order valence-corrected chi connectivity index (χ4v) is 0.766. The average Bonchev–Trinajstić information content (AvgIpc) is 2.09. The van der Waals surface area contributed by atoms with Crippen LogP contribution < -0.4 is 5.48 Å². The minimum absolute atomic E-state index is 0.260. The summed E-state index contributed by atoms with van der Waals surface area (Å²) < 4.78 is 0. The molecule has 0 saturated heterocycles. The van der Waals surface area contributed by atoms with Crippen LogP contribution in [0.2, 0.25) is 0 Å². The summed E-state index contributed by atoms with van der Waals surface area (Å²) in [5.74, 6) is 0.260. The molecule has 0 aliphatic rings. The van der Waals surface area contributed by atoms with Crippen molar-refractivity contribution in [3.05, 3.63) is 24.3 Å². The number of hydrogen-bond acceptors (Lipinski definition) is 3. The van der Waals surface area contributed by atoms with Gasteiger partial charge in [0.2, 0.25) is 0 Å². The molecule has 0 aliphatic carbocycles. The van der Waals surface area contributed by atoms with Crippen molar-refractivity contribution in [3.63, 3.8) is 0 Å². The van der Waals surface area contributed by atoms with Gasteiger partial charge < -0.3 is 5.11 Å². The van der Waals surface area contributed by atoms with Gasteiger partial charge in [-0.05, 0) is 30.7 Å². The third-order valence-electron chi connectivity index (χ3n) is 1.36. The van der Waals surface area contributed by atoms with Gasteiger partial charge in [-0.3, -0.25) is 10.3 Å². The molecule has 1 aromatic rings. The number of nitrogens with one attached hydrogen (secondary N) is 1. The molecule has 0 heterocycles. The molecule has 0 unspecified atom stereocenters. The lowest BCUT2D eigenvalue weighted by atomic mass is 10.3. The monoisotopic (exact) mass is 167 g/mol. The summed E-state index contributed by atoms with van der Waals surface area (Å²) >= 11 is 0. The fraction of sp³-hybridized carbons (Fsp3) is 0.333. The van der Waals surface area contributed by atoms with Gasteiger partial charge in [-0.25, -0.2) is 0 Å². The molecule has 1 rings (SSSR count). The van der Waals surface area contributed by atoms with Crippen molar-refractivity contribution in [1.29, 1.82) is 0 Å². The van der Waals surface area contributed by atoms with Crippen molar-refractivity contribution in [2.24, 2.45) is 0 Å². The van der Waals surface area contributed by atoms with Crippen LogP contribution >= 0.6 is 0 Å². The molecule has 0 fully saturated rings. The summed E-state index contributed by atoms with van der Waals surface area (Å²) in [4.78, 5) is 5.08. The Morgan fingerprint density at radius 2 is 2.00 bits per heavy atom. The van der Waals surface area contributed by atoms with Crippen LogP contribution in [0.3, 0.4) is 0 Å². The number of benzene rings is 1. The molecule has 0 spiro atoms. The first-order chi connectivity index (χ1) is 5.83. The number of phenols is 1. The van der Waals surface area contributed by atoms with E-state index in [0.717, 1.165) is 12.1 Å². The van der Waals surface area contributed by atoms with E-state index in [9.17, 15) is 0 Å². The molecule has 0 atom stereocenters. The summed E-state index contributed by atoms with van der Waals surface area (Å²) in [5.41, 5.74) is 3.61. The number of phenolic OH excluding ortho intramolecular Hbond substituents is 1. The van der Waals surface area contributed by atoms with E-state index < -0.39 is 0 Å². The summed E-state index contributed by atoms with van der Waals surface area (Å²) in [6.45, 7) is 2.72. The predicted octanol–water partition coefficient (Wildman–Crippen LogP) is 2.15. The summed E-state index contributed by atoms with van der Waals surface area (Å²) in [5, 5.41) is 8.96. The number of aromatic hydroxyl groups is 1. The highest BCUT2D eigenvalue weighted by molar-refractivity contribution is 5.43. The van der Waals surface area contributed by atoms with Gasteiger partial charge in [0, 0.05) is 0 Å². The third kappa shape index (κ3) is 2.80. The zero-order chi connectivity index (χ0) is 8.81. The third-order valence-corrected chi connectivity index (χ3v) is 1.36. The van der Waals surface area contributed by atoms with Crippen LogP contribution in [0.5, 0.6) is 5.75 Å². The Bertz CT molecular complexity index is 220. The van der Waals surface area contributed by atoms with Crippen molar-refractivity contribution in [2.75, 3.05) is 12.1 Å². The predicted molar refractivity (Wildman–Crippen MR) is 48.0 cm³/mol. The Balaban J connectivity index is 2.37. The fourth-order valence-electron chi connectivity index (χ4n) is 0.766. The second-order valence-electron chi connectivity index (χ2n) is 2.50. The van der Waals surface area contributed by atoms with E-state index >= 15 is 0 Å². The molecule has 0 bridgehead atoms. The summed E-state index contributed by atoms with van der Waals surface area (Å²) in [7, 11) is 0. The Morgan fingerprint density at radius 1 is 1.33 bits per heavy atom. The van der Waals surface area contributed by atoms with Gasteiger partial charge >= 0.3 is 0 Å². The highest BCUT2D eigenvalue weighted by Crippen LogP contribution is 2.13. The maximum absolute atomic E-state index is 8.96. The van der Waals surface area contributed by atoms with E-state index in [1.54, 1.807) is 24.3 Å². The molecular formula is C9H13NO2. The molecule has 3 heteroatoms. The van der Waals surface area contributed by atoms with Gasteiger partial charge in [0.05, 0.1) is 12.3 Å². The van der Waals surface area contributed by atoms with Crippen LogP contribution in [-0.2, 0) is 4.84 Å². The molecule has 0 aromatic heterocycles. The smallest absolute Gasteiger partial charge is 0.115 e. The molecule has 2 N–H and O–H groups in total. The van der Waals surface area contributed by atoms with Crippen LogP contribution in [0.25, 0.3) is 0 Å². The average molecular weight is 167 g/mol. The zero-order valence-electron chi connectivity index (χ0n) is 7.08. The van der Waals surface area contributed by atoms with Crippen molar-refractivity contribution in [1.82, 2.24) is 0 Å². The second kappa shape index (κ2) is 4.62. The van der Waals surface area contributed by atoms with Crippen LogP contribution in [0, 0.1) is 0 Å². The van der Waals surface area contributed by atoms with Crippen LogP contribution in [-0.4, -0.2) is 11.7 Å². The van der Waals surface area contributed by atoms with Gasteiger partial charge in [0.25, 0.3) is 0 Å². The highest BCUT2D eigenvalue weighted by Gasteiger charge is 1.90. The van der Waals surface area contributed by atoms with Gasteiger partial charge in [-0.1, -0.05) is 6.92 Å². The molecule has 66 valence electrons. The molecule has 0 radical (unpaired) electrons. The van der Waals surface area contributed by atoms with E-state index in [-0.39, 0.29) is 5.75 Å². The van der Waals surface area contributed by atoms with E-state index in [4.69, 9.17) is 9.94 Å². The quantitative estimate of drug-likeness (QED) is 0.410. The summed E-state index contributed by atoms with van der Waals surface area (Å²) in [6.07, 6.45) is 0.977. The minimum Gasteiger partial charge on any atom is -0.508 e. The Hall–Kier alpha value is -1.22. The van der Waals surface area contributed by atoms with Gasteiger partial charge in [-0.2, -0.15) is 0 Å². The summed E-state index contributed by atoms with van der Waals surface area (Å²) in [6, 6.07) is 6.73. The van der Waals surface area contributed by atoms with Crippen molar-refractivity contribution in [3.8, 4) is 5.75 Å². The van der Waals surface area contributed by atoms with Gasteiger partial charge in [0.15, 0.2) is 0 Å². The van der Waals surface area contributed by atoms with E-state index in [1.165, 1.54) is 0 Å². The maximum atomic E-state index is 8.96. The Labute approximate surface area is 71.9 Å². The molecule has 1 aromatic carbocycles. The van der Waals surface area contributed by atoms with E-state index in [0.29, 0.717) is 6.61 Å². The number of anilines is 1. The lowest BCUT2D eigenvalue weighted by Crippen LogP contribution is -2.01. The molecule has 0 saturated carbocycles. The number of hydrogen-bond donors (Lipinski definition) is 2. The largest absolute Gasteiger partial charge is 0.508 e. The van der Waals surface area contributed by atoms with E-state index in [2.05, 4.69) is 5.48 Å². The van der Waals surface area contributed by atoms with Gasteiger partial charge in [0.1, 0.15) is 5.75 Å². The number of rotatable bonds is 4. The van der Waals surface area contributed by atoms with Crippen molar-refractivity contribution in [2.45, 2.75) is 13.3 Å².